The van der Waals surface area contributed by atoms with Crippen LogP contribution in [0.1, 0.15) is 29.8 Å². The van der Waals surface area contributed by atoms with Gasteiger partial charge in [-0.1, -0.05) is 19.9 Å². The molecule has 0 unspecified atom stereocenters. The first-order valence-electron chi connectivity index (χ1n) is 5.25. The Morgan fingerprint density at radius 3 is 2.18 bits per heavy atom. The summed E-state index contributed by atoms with van der Waals surface area (Å²) in [5.74, 6) is -0.530. The van der Waals surface area contributed by atoms with Gasteiger partial charge >= 0.3 is 5.97 Å². The maximum atomic E-state index is 11.3. The predicted octanol–water partition coefficient (Wildman–Crippen LogP) is 2.21. The number of carbonyl (C=O) groups excluding carboxylic acids is 1. The van der Waals surface area contributed by atoms with Gasteiger partial charge in [-0.05, 0) is 24.6 Å². The smallest absolute Gasteiger partial charge is 0.338 e. The first-order chi connectivity index (χ1) is 7.86. The Morgan fingerprint density at radius 2 is 1.76 bits per heavy atom. The molecule has 4 nitrogen and oxygen atoms in total. The Hall–Kier alpha value is -1.36. The Balaban J connectivity index is 0.00000121. The van der Waals surface area contributed by atoms with Crippen LogP contribution in [0.25, 0.3) is 0 Å². The summed E-state index contributed by atoms with van der Waals surface area (Å²) < 4.78 is 27.1. The van der Waals surface area contributed by atoms with E-state index in [4.69, 9.17) is 0 Å². The Labute approximate surface area is 103 Å². The lowest BCUT2D eigenvalue weighted by Crippen LogP contribution is -2.06. The Kier molecular flexibility index (Phi) is 5.88. The molecule has 0 heterocycles. The highest BCUT2D eigenvalue weighted by Gasteiger charge is 2.14. The van der Waals surface area contributed by atoms with Crippen LogP contribution in [-0.4, -0.2) is 27.8 Å². The van der Waals surface area contributed by atoms with Crippen LogP contribution < -0.4 is 0 Å². The summed E-state index contributed by atoms with van der Waals surface area (Å²) in [4.78, 5) is 11.4. The minimum atomic E-state index is -3.29. The predicted molar refractivity (Wildman–Crippen MR) is 67.0 cm³/mol. The van der Waals surface area contributed by atoms with Gasteiger partial charge in [0.2, 0.25) is 0 Å². The summed E-state index contributed by atoms with van der Waals surface area (Å²) in [6.45, 7) is 5.72. The largest absolute Gasteiger partial charge is 0.465 e. The molecular weight excluding hydrogens is 240 g/mol. The molecule has 0 N–H and O–H groups in total. The van der Waals surface area contributed by atoms with E-state index < -0.39 is 15.8 Å². The molecule has 1 aromatic carbocycles. The van der Waals surface area contributed by atoms with E-state index in [0.29, 0.717) is 5.56 Å². The summed E-state index contributed by atoms with van der Waals surface area (Å²) in [5, 5.41) is 0. The topological polar surface area (TPSA) is 60.4 Å². The number of sulfone groups is 1. The van der Waals surface area contributed by atoms with Crippen LogP contribution in [0.5, 0.6) is 0 Å². The number of methoxy groups -OCH3 is 1. The summed E-state index contributed by atoms with van der Waals surface area (Å²) >= 11 is 0. The second kappa shape index (κ2) is 6.39. The molecule has 0 bridgehead atoms. The van der Waals surface area contributed by atoms with Crippen molar-refractivity contribution in [3.63, 3.8) is 0 Å². The van der Waals surface area contributed by atoms with Crippen molar-refractivity contribution in [2.75, 3.05) is 13.4 Å². The van der Waals surface area contributed by atoms with Crippen LogP contribution >= 0.6 is 0 Å². The van der Waals surface area contributed by atoms with E-state index in [9.17, 15) is 13.2 Å². The quantitative estimate of drug-likeness (QED) is 0.763. The summed E-state index contributed by atoms with van der Waals surface area (Å²) in [6.07, 6.45) is 1.10. The summed E-state index contributed by atoms with van der Waals surface area (Å²) in [7, 11) is -2.03. The van der Waals surface area contributed by atoms with Crippen molar-refractivity contribution < 1.29 is 17.9 Å². The number of hydrogen-bond donors (Lipinski definition) is 0. The molecule has 17 heavy (non-hydrogen) atoms. The lowest BCUT2D eigenvalue weighted by Gasteiger charge is -2.05. The lowest BCUT2D eigenvalue weighted by molar-refractivity contribution is 0.0599. The second-order valence-corrected chi connectivity index (χ2v) is 5.26. The van der Waals surface area contributed by atoms with Gasteiger partial charge in [0.1, 0.15) is 0 Å². The monoisotopic (exact) mass is 258 g/mol. The third-order valence-corrected chi connectivity index (χ3v) is 3.15. The van der Waals surface area contributed by atoms with Crippen LogP contribution in [0.2, 0.25) is 0 Å². The number of hydrogen-bond acceptors (Lipinski definition) is 4. The highest BCUT2D eigenvalue weighted by molar-refractivity contribution is 7.90. The fraction of sp³-hybridized carbons (Fsp3) is 0.417. The van der Waals surface area contributed by atoms with Gasteiger partial charge < -0.3 is 4.74 Å². The standard InChI is InChI=1S/C10H12O4S.C2H6/c1-7-4-5-8(15(3,12)13)6-9(7)10(11)14-2;1-2/h4-6H,1-3H3;1-2H3. The fourth-order valence-corrected chi connectivity index (χ4v) is 1.81. The molecule has 0 atom stereocenters. The molecule has 0 fully saturated rings. The zero-order valence-electron chi connectivity index (χ0n) is 10.8. The van der Waals surface area contributed by atoms with Gasteiger partial charge in [-0.15, -0.1) is 0 Å². The zero-order chi connectivity index (χ0) is 13.6. The first kappa shape index (κ1) is 15.6. The highest BCUT2D eigenvalue weighted by Crippen LogP contribution is 2.16. The molecule has 5 heteroatoms. The van der Waals surface area contributed by atoms with Crippen molar-refractivity contribution in [3.05, 3.63) is 29.3 Å². The van der Waals surface area contributed by atoms with Crippen molar-refractivity contribution in [2.24, 2.45) is 0 Å². The molecule has 0 spiro atoms. The Bertz CT molecular complexity index is 489. The fourth-order valence-electron chi connectivity index (χ4n) is 1.16. The van der Waals surface area contributed by atoms with Gasteiger partial charge in [0, 0.05) is 6.26 Å². The van der Waals surface area contributed by atoms with Crippen LogP contribution in [0.4, 0.5) is 0 Å². The van der Waals surface area contributed by atoms with E-state index in [1.807, 2.05) is 13.8 Å². The van der Waals surface area contributed by atoms with Crippen molar-refractivity contribution >= 4 is 15.8 Å². The molecule has 0 aliphatic carbocycles. The van der Waals surface area contributed by atoms with Gasteiger partial charge in [0.25, 0.3) is 0 Å². The summed E-state index contributed by atoms with van der Waals surface area (Å²) in [6, 6.07) is 4.39. The van der Waals surface area contributed by atoms with Gasteiger partial charge in [-0.3, -0.25) is 0 Å². The maximum Gasteiger partial charge on any atom is 0.338 e. The van der Waals surface area contributed by atoms with Gasteiger partial charge in [-0.2, -0.15) is 0 Å². The molecule has 96 valence electrons. The molecule has 0 amide bonds. The number of benzene rings is 1. The number of carbonyl (C=O) groups is 1. The van der Waals surface area contributed by atoms with Crippen molar-refractivity contribution in [2.45, 2.75) is 25.7 Å². The van der Waals surface area contributed by atoms with Crippen molar-refractivity contribution in [3.8, 4) is 0 Å². The molecule has 1 rings (SSSR count). The lowest BCUT2D eigenvalue weighted by atomic mass is 10.1. The number of ether oxygens (including phenoxy) is 1. The minimum Gasteiger partial charge on any atom is -0.465 e. The van der Waals surface area contributed by atoms with E-state index in [1.54, 1.807) is 13.0 Å². The SMILES string of the molecule is CC.COC(=O)c1cc(S(C)(=O)=O)ccc1C. The Morgan fingerprint density at radius 1 is 1.24 bits per heavy atom. The zero-order valence-corrected chi connectivity index (χ0v) is 11.6. The molecule has 0 saturated carbocycles. The van der Waals surface area contributed by atoms with Crippen LogP contribution in [-0.2, 0) is 14.6 Å². The van der Waals surface area contributed by atoms with E-state index in [-0.39, 0.29) is 10.5 Å². The van der Waals surface area contributed by atoms with Gasteiger partial charge in [0.05, 0.1) is 17.6 Å². The van der Waals surface area contributed by atoms with Crippen molar-refractivity contribution in [1.29, 1.82) is 0 Å². The second-order valence-electron chi connectivity index (χ2n) is 3.24. The first-order valence-corrected chi connectivity index (χ1v) is 7.14. The van der Waals surface area contributed by atoms with Crippen LogP contribution in [0.15, 0.2) is 23.1 Å². The summed E-state index contributed by atoms with van der Waals surface area (Å²) in [5.41, 5.74) is 0.967. The molecule has 1 aromatic rings. The number of esters is 1. The molecule has 0 saturated heterocycles. The molecule has 0 aliphatic rings. The third-order valence-electron chi connectivity index (χ3n) is 2.04. The van der Waals surface area contributed by atoms with Crippen LogP contribution in [0.3, 0.4) is 0 Å². The van der Waals surface area contributed by atoms with E-state index in [0.717, 1.165) is 6.26 Å². The molecular formula is C12H18O4S. The average Bonchev–Trinajstić information content (AvgIpc) is 2.30. The van der Waals surface area contributed by atoms with Gasteiger partial charge in [0.15, 0.2) is 9.84 Å². The van der Waals surface area contributed by atoms with E-state index in [2.05, 4.69) is 4.74 Å². The maximum absolute atomic E-state index is 11.3. The molecule has 0 aliphatic heterocycles. The third kappa shape index (κ3) is 4.19. The van der Waals surface area contributed by atoms with Crippen molar-refractivity contribution in [1.82, 2.24) is 0 Å². The molecule has 0 radical (unpaired) electrons. The molecule has 0 aromatic heterocycles. The average molecular weight is 258 g/mol. The number of aryl methyl sites for hydroxylation is 1. The number of rotatable bonds is 2. The minimum absolute atomic E-state index is 0.119. The van der Waals surface area contributed by atoms with E-state index in [1.165, 1.54) is 19.2 Å². The highest BCUT2D eigenvalue weighted by atomic mass is 32.2. The van der Waals surface area contributed by atoms with Crippen LogP contribution in [0, 0.1) is 6.92 Å². The normalized spacial score (nSPS) is 10.2. The van der Waals surface area contributed by atoms with E-state index >= 15 is 0 Å². The van der Waals surface area contributed by atoms with Gasteiger partial charge in [-0.25, -0.2) is 13.2 Å².